The Morgan fingerprint density at radius 2 is 1.54 bits per heavy atom. The molecule has 0 bridgehead atoms. The van der Waals surface area contributed by atoms with Crippen LogP contribution in [0.5, 0.6) is 0 Å². The van der Waals surface area contributed by atoms with E-state index in [1.807, 2.05) is 31.2 Å². The van der Waals surface area contributed by atoms with Gasteiger partial charge < -0.3 is 10.6 Å². The lowest BCUT2D eigenvalue weighted by Gasteiger charge is -2.08. The van der Waals surface area contributed by atoms with Crippen LogP contribution in [0.3, 0.4) is 0 Å². The van der Waals surface area contributed by atoms with Gasteiger partial charge in [0, 0.05) is 16.9 Å². The van der Waals surface area contributed by atoms with Crippen molar-refractivity contribution in [3.8, 4) is 0 Å². The van der Waals surface area contributed by atoms with Crippen molar-refractivity contribution in [1.82, 2.24) is 15.2 Å². The molecule has 0 aliphatic heterocycles. The van der Waals surface area contributed by atoms with Gasteiger partial charge in [0.25, 0.3) is 0 Å². The second kappa shape index (κ2) is 6.87. The van der Waals surface area contributed by atoms with Crippen molar-refractivity contribution in [1.29, 1.82) is 0 Å². The van der Waals surface area contributed by atoms with Gasteiger partial charge in [0.15, 0.2) is 11.6 Å². The predicted molar refractivity (Wildman–Crippen MR) is 94.0 cm³/mol. The molecule has 0 spiro atoms. The molecule has 1 heterocycles. The van der Waals surface area contributed by atoms with Gasteiger partial charge in [0.1, 0.15) is 0 Å². The quantitative estimate of drug-likeness (QED) is 0.695. The van der Waals surface area contributed by atoms with Gasteiger partial charge >= 0.3 is 0 Å². The minimum absolute atomic E-state index is 0.0313. The molecule has 6 heteroatoms. The number of nitrogens with one attached hydrogen (secondary N) is 2. The summed E-state index contributed by atoms with van der Waals surface area (Å²) in [6.45, 7) is 3.57. The number of carbonyl (C=O) groups excluding carboxylic acids is 1. The minimum atomic E-state index is 0.0313. The first-order valence-electron chi connectivity index (χ1n) is 7.51. The number of hydrogen-bond acceptors (Lipinski definition) is 6. The second-order valence-corrected chi connectivity index (χ2v) is 5.41. The summed E-state index contributed by atoms with van der Waals surface area (Å²) in [5, 5.41) is 14.2. The van der Waals surface area contributed by atoms with Crippen LogP contribution >= 0.6 is 0 Å². The fraction of sp³-hybridized carbons (Fsp3) is 0.111. The van der Waals surface area contributed by atoms with E-state index in [0.29, 0.717) is 17.3 Å². The summed E-state index contributed by atoms with van der Waals surface area (Å²) >= 11 is 0. The van der Waals surface area contributed by atoms with Gasteiger partial charge in [-0.25, -0.2) is 0 Å². The normalized spacial score (nSPS) is 10.2. The average Bonchev–Trinajstić information content (AvgIpc) is 2.58. The van der Waals surface area contributed by atoms with E-state index in [1.54, 1.807) is 30.5 Å². The van der Waals surface area contributed by atoms with Crippen molar-refractivity contribution >= 4 is 28.9 Å². The van der Waals surface area contributed by atoms with Crippen LogP contribution in [-0.2, 0) is 0 Å². The lowest BCUT2D eigenvalue weighted by molar-refractivity contribution is 0.101. The van der Waals surface area contributed by atoms with Crippen LogP contribution in [0.1, 0.15) is 22.8 Å². The molecule has 0 amide bonds. The molecule has 0 radical (unpaired) electrons. The van der Waals surface area contributed by atoms with Gasteiger partial charge in [-0.15, -0.1) is 5.10 Å². The highest BCUT2D eigenvalue weighted by Gasteiger charge is 2.03. The SMILES string of the molecule is CC(=O)c1ccc(Nc2nncc(Nc3ccc(C)cc3)n2)cc1. The molecule has 0 aliphatic rings. The molecule has 0 atom stereocenters. The molecular weight excluding hydrogens is 302 g/mol. The maximum atomic E-state index is 11.3. The van der Waals surface area contributed by atoms with E-state index in [0.717, 1.165) is 11.4 Å². The summed E-state index contributed by atoms with van der Waals surface area (Å²) in [4.78, 5) is 15.7. The molecule has 3 aromatic rings. The molecule has 0 aliphatic carbocycles. The number of nitrogens with zero attached hydrogens (tertiary/aromatic N) is 3. The Bertz CT molecular complexity index is 844. The van der Waals surface area contributed by atoms with Crippen molar-refractivity contribution in [3.05, 3.63) is 65.9 Å². The van der Waals surface area contributed by atoms with Crippen LogP contribution in [0.2, 0.25) is 0 Å². The number of aromatic nitrogens is 3. The van der Waals surface area contributed by atoms with Crippen molar-refractivity contribution in [3.63, 3.8) is 0 Å². The molecule has 0 saturated heterocycles. The molecule has 2 N–H and O–H groups in total. The molecule has 120 valence electrons. The minimum Gasteiger partial charge on any atom is -0.339 e. The molecule has 0 fully saturated rings. The summed E-state index contributed by atoms with van der Waals surface area (Å²) in [7, 11) is 0. The van der Waals surface area contributed by atoms with E-state index in [-0.39, 0.29) is 5.78 Å². The number of ketones is 1. The van der Waals surface area contributed by atoms with Crippen LogP contribution < -0.4 is 10.6 Å². The van der Waals surface area contributed by atoms with Crippen LogP contribution in [0.25, 0.3) is 0 Å². The van der Waals surface area contributed by atoms with Crippen molar-refractivity contribution < 1.29 is 4.79 Å². The smallest absolute Gasteiger partial charge is 0.249 e. The van der Waals surface area contributed by atoms with Gasteiger partial charge in [0.2, 0.25) is 5.95 Å². The summed E-state index contributed by atoms with van der Waals surface area (Å²) in [6.07, 6.45) is 1.56. The zero-order valence-corrected chi connectivity index (χ0v) is 13.4. The van der Waals surface area contributed by atoms with Crippen molar-refractivity contribution in [2.45, 2.75) is 13.8 Å². The predicted octanol–water partition coefficient (Wildman–Crippen LogP) is 3.87. The summed E-state index contributed by atoms with van der Waals surface area (Å²) < 4.78 is 0. The number of rotatable bonds is 5. The molecule has 24 heavy (non-hydrogen) atoms. The number of benzene rings is 2. The van der Waals surface area contributed by atoms with Crippen LogP contribution in [-0.4, -0.2) is 21.0 Å². The van der Waals surface area contributed by atoms with E-state index in [9.17, 15) is 4.79 Å². The Kier molecular flexibility index (Phi) is 4.47. The highest BCUT2D eigenvalue weighted by molar-refractivity contribution is 5.94. The van der Waals surface area contributed by atoms with Gasteiger partial charge in [-0.2, -0.15) is 10.1 Å². The van der Waals surface area contributed by atoms with Crippen LogP contribution in [0, 0.1) is 6.92 Å². The Morgan fingerprint density at radius 1 is 0.917 bits per heavy atom. The zero-order valence-electron chi connectivity index (χ0n) is 13.4. The highest BCUT2D eigenvalue weighted by Crippen LogP contribution is 2.17. The van der Waals surface area contributed by atoms with E-state index in [4.69, 9.17) is 0 Å². The van der Waals surface area contributed by atoms with Crippen LogP contribution in [0.4, 0.5) is 23.1 Å². The Morgan fingerprint density at radius 3 is 2.21 bits per heavy atom. The third-order valence-electron chi connectivity index (χ3n) is 3.43. The highest BCUT2D eigenvalue weighted by atomic mass is 16.1. The first-order valence-corrected chi connectivity index (χ1v) is 7.51. The largest absolute Gasteiger partial charge is 0.339 e. The molecular formula is C18H17N5O. The first-order chi connectivity index (χ1) is 11.6. The Labute approximate surface area is 140 Å². The molecule has 3 rings (SSSR count). The molecule has 0 unspecified atom stereocenters. The topological polar surface area (TPSA) is 79.8 Å². The maximum absolute atomic E-state index is 11.3. The fourth-order valence-corrected chi connectivity index (χ4v) is 2.12. The fourth-order valence-electron chi connectivity index (χ4n) is 2.12. The Hall–Kier alpha value is -3.28. The van der Waals surface area contributed by atoms with Gasteiger partial charge in [-0.1, -0.05) is 17.7 Å². The molecule has 2 aromatic carbocycles. The average molecular weight is 319 g/mol. The monoisotopic (exact) mass is 319 g/mol. The third-order valence-corrected chi connectivity index (χ3v) is 3.43. The zero-order chi connectivity index (χ0) is 16.9. The number of Topliss-reactive ketones (excluding diaryl/α,β-unsaturated/α-hetero) is 1. The lowest BCUT2D eigenvalue weighted by Crippen LogP contribution is -2.02. The van der Waals surface area contributed by atoms with Gasteiger partial charge in [-0.3, -0.25) is 4.79 Å². The number of hydrogen-bond donors (Lipinski definition) is 2. The molecule has 1 aromatic heterocycles. The van der Waals surface area contributed by atoms with E-state index >= 15 is 0 Å². The van der Waals surface area contributed by atoms with Crippen molar-refractivity contribution in [2.24, 2.45) is 0 Å². The summed E-state index contributed by atoms with van der Waals surface area (Å²) in [5.41, 5.74) is 3.57. The van der Waals surface area contributed by atoms with Crippen LogP contribution in [0.15, 0.2) is 54.7 Å². The van der Waals surface area contributed by atoms with Gasteiger partial charge in [0.05, 0.1) is 6.20 Å². The Balaban J connectivity index is 1.72. The summed E-state index contributed by atoms with van der Waals surface area (Å²) in [6, 6.07) is 15.1. The maximum Gasteiger partial charge on any atom is 0.249 e. The third kappa shape index (κ3) is 3.92. The number of anilines is 4. The summed E-state index contributed by atoms with van der Waals surface area (Å²) in [5.74, 6) is 1.00. The number of carbonyl (C=O) groups is 1. The first kappa shape index (κ1) is 15.6. The number of aryl methyl sites for hydroxylation is 1. The van der Waals surface area contributed by atoms with Crippen molar-refractivity contribution in [2.75, 3.05) is 10.6 Å². The molecule has 6 nitrogen and oxygen atoms in total. The van der Waals surface area contributed by atoms with E-state index < -0.39 is 0 Å². The van der Waals surface area contributed by atoms with E-state index in [1.165, 1.54) is 12.5 Å². The standard InChI is InChI=1S/C18H17N5O/c1-12-3-7-15(8-4-12)20-17-11-19-23-18(22-17)21-16-9-5-14(6-10-16)13(2)24/h3-11H,1-2H3,(H2,20,21,22,23). The second-order valence-electron chi connectivity index (χ2n) is 5.41. The van der Waals surface area contributed by atoms with Gasteiger partial charge in [-0.05, 0) is 50.2 Å². The van der Waals surface area contributed by atoms with E-state index in [2.05, 4.69) is 25.8 Å². The lowest BCUT2D eigenvalue weighted by atomic mass is 10.1. The molecule has 0 saturated carbocycles.